The second kappa shape index (κ2) is 6.64. The van der Waals surface area contributed by atoms with E-state index in [1.165, 1.54) is 11.3 Å². The number of ether oxygens (including phenoxy) is 1. The number of amides is 1. The van der Waals surface area contributed by atoms with Gasteiger partial charge in [0.05, 0.1) is 30.6 Å². The van der Waals surface area contributed by atoms with Crippen molar-refractivity contribution in [3.63, 3.8) is 0 Å². The van der Waals surface area contributed by atoms with Crippen LogP contribution in [0.25, 0.3) is 0 Å². The lowest BCUT2D eigenvalue weighted by Gasteiger charge is -2.24. The summed E-state index contributed by atoms with van der Waals surface area (Å²) in [6.07, 6.45) is 2.11. The van der Waals surface area contributed by atoms with Gasteiger partial charge in [0, 0.05) is 25.2 Å². The molecule has 0 aliphatic carbocycles. The minimum atomic E-state index is -3.05. The fourth-order valence-corrected chi connectivity index (χ4v) is 4.57. The Morgan fingerprint density at radius 2 is 2.40 bits per heavy atom. The topological polar surface area (TPSA) is 76.6 Å². The van der Waals surface area contributed by atoms with Crippen molar-refractivity contribution in [2.24, 2.45) is 5.92 Å². The molecular weight excluding hydrogens is 300 g/mol. The molecule has 20 heavy (non-hydrogen) atoms. The first-order valence-corrected chi connectivity index (χ1v) is 9.08. The summed E-state index contributed by atoms with van der Waals surface area (Å²) in [5.41, 5.74) is 0. The number of aromatic nitrogens is 1. The van der Waals surface area contributed by atoms with E-state index in [-0.39, 0.29) is 17.4 Å². The third-order valence-corrected chi connectivity index (χ3v) is 5.80. The average Bonchev–Trinajstić information content (AvgIpc) is 3.03. The summed E-state index contributed by atoms with van der Waals surface area (Å²) in [4.78, 5) is 18.3. The van der Waals surface area contributed by atoms with Gasteiger partial charge in [0.1, 0.15) is 5.01 Å². The summed E-state index contributed by atoms with van der Waals surface area (Å²) in [5.74, 6) is -0.457. The van der Waals surface area contributed by atoms with Crippen LogP contribution in [-0.4, -0.2) is 56.0 Å². The molecular formula is C12H18N2O4S2. The number of carbonyl (C=O) groups excluding carboxylic acids is 1. The van der Waals surface area contributed by atoms with Gasteiger partial charge in [0.15, 0.2) is 9.84 Å². The smallest absolute Gasteiger partial charge is 0.227 e. The van der Waals surface area contributed by atoms with Gasteiger partial charge in [0.2, 0.25) is 5.91 Å². The number of hydrogen-bond donors (Lipinski definition) is 0. The fraction of sp³-hybridized carbons (Fsp3) is 0.667. The molecule has 8 heteroatoms. The Bertz CT molecular complexity index is 542. The van der Waals surface area contributed by atoms with Crippen LogP contribution in [-0.2, 0) is 25.9 Å². The molecule has 0 aromatic carbocycles. The third kappa shape index (κ3) is 4.00. The van der Waals surface area contributed by atoms with Crippen LogP contribution in [0.4, 0.5) is 0 Å². The monoisotopic (exact) mass is 318 g/mol. The molecule has 1 atom stereocenters. The van der Waals surface area contributed by atoms with Gasteiger partial charge in [-0.05, 0) is 6.42 Å². The Kier molecular flexibility index (Phi) is 5.11. The van der Waals surface area contributed by atoms with Crippen molar-refractivity contribution in [1.29, 1.82) is 0 Å². The Morgan fingerprint density at radius 1 is 1.60 bits per heavy atom. The van der Waals surface area contributed by atoms with Crippen molar-refractivity contribution in [3.8, 4) is 0 Å². The van der Waals surface area contributed by atoms with E-state index in [1.807, 2.05) is 5.38 Å². The molecule has 0 spiro atoms. The largest absolute Gasteiger partial charge is 0.383 e. The zero-order valence-electron chi connectivity index (χ0n) is 11.3. The molecule has 112 valence electrons. The van der Waals surface area contributed by atoms with E-state index in [0.29, 0.717) is 26.1 Å². The molecule has 1 aliphatic heterocycles. The van der Waals surface area contributed by atoms with Crippen LogP contribution < -0.4 is 0 Å². The fourth-order valence-electron chi connectivity index (χ4n) is 2.21. The van der Waals surface area contributed by atoms with Crippen LogP contribution in [0.15, 0.2) is 11.6 Å². The van der Waals surface area contributed by atoms with E-state index in [2.05, 4.69) is 4.98 Å². The highest BCUT2D eigenvalue weighted by atomic mass is 32.2. The van der Waals surface area contributed by atoms with Gasteiger partial charge in [-0.2, -0.15) is 0 Å². The summed E-state index contributed by atoms with van der Waals surface area (Å²) in [5, 5.41) is 2.70. The molecule has 2 rings (SSSR count). The maximum absolute atomic E-state index is 12.4. The van der Waals surface area contributed by atoms with E-state index in [1.54, 1.807) is 18.2 Å². The van der Waals surface area contributed by atoms with E-state index < -0.39 is 15.8 Å². The summed E-state index contributed by atoms with van der Waals surface area (Å²) < 4.78 is 28.0. The Morgan fingerprint density at radius 3 is 2.95 bits per heavy atom. The van der Waals surface area contributed by atoms with Gasteiger partial charge in [0.25, 0.3) is 0 Å². The van der Waals surface area contributed by atoms with Crippen molar-refractivity contribution in [1.82, 2.24) is 9.88 Å². The Balaban J connectivity index is 2.03. The highest BCUT2D eigenvalue weighted by Gasteiger charge is 2.35. The molecule has 1 amide bonds. The first kappa shape index (κ1) is 15.4. The van der Waals surface area contributed by atoms with Gasteiger partial charge >= 0.3 is 0 Å². The van der Waals surface area contributed by atoms with E-state index in [9.17, 15) is 13.2 Å². The Hall–Kier alpha value is -0.990. The van der Waals surface area contributed by atoms with Crippen molar-refractivity contribution < 1.29 is 17.9 Å². The third-order valence-electron chi connectivity index (χ3n) is 3.27. The van der Waals surface area contributed by atoms with E-state index in [4.69, 9.17) is 4.74 Å². The maximum atomic E-state index is 12.4. The second-order valence-electron chi connectivity index (χ2n) is 4.78. The maximum Gasteiger partial charge on any atom is 0.227 e. The lowest BCUT2D eigenvalue weighted by atomic mass is 10.1. The lowest BCUT2D eigenvalue weighted by Crippen LogP contribution is -2.38. The number of rotatable bonds is 6. The predicted molar refractivity (Wildman–Crippen MR) is 76.2 cm³/mol. The van der Waals surface area contributed by atoms with Crippen molar-refractivity contribution in [2.75, 3.05) is 31.8 Å². The van der Waals surface area contributed by atoms with Crippen molar-refractivity contribution in [3.05, 3.63) is 16.6 Å². The molecule has 1 fully saturated rings. The van der Waals surface area contributed by atoms with Gasteiger partial charge in [-0.25, -0.2) is 13.4 Å². The first-order valence-electron chi connectivity index (χ1n) is 6.38. The average molecular weight is 318 g/mol. The molecule has 1 aliphatic rings. The van der Waals surface area contributed by atoms with Crippen LogP contribution in [0.3, 0.4) is 0 Å². The lowest BCUT2D eigenvalue weighted by molar-refractivity contribution is -0.136. The number of thiazole rings is 1. The van der Waals surface area contributed by atoms with Gasteiger partial charge < -0.3 is 9.64 Å². The molecule has 0 N–H and O–H groups in total. The summed E-state index contributed by atoms with van der Waals surface area (Å²) >= 11 is 1.48. The van der Waals surface area contributed by atoms with Crippen LogP contribution in [0.1, 0.15) is 11.4 Å². The first-order chi connectivity index (χ1) is 9.52. The standard InChI is InChI=1S/C12H18N2O4S2/c1-18-5-4-14(8-11-13-3-6-19-11)12(15)10-2-7-20(16,17)9-10/h3,6,10H,2,4-5,7-9H2,1H3/t10-/m0/s1. The minimum Gasteiger partial charge on any atom is -0.383 e. The van der Waals surface area contributed by atoms with Gasteiger partial charge in [-0.15, -0.1) is 11.3 Å². The molecule has 0 bridgehead atoms. The zero-order valence-corrected chi connectivity index (χ0v) is 13.0. The SMILES string of the molecule is COCCN(Cc1nccs1)C(=O)[C@H]1CCS(=O)(=O)C1. The van der Waals surface area contributed by atoms with Crippen LogP contribution in [0.5, 0.6) is 0 Å². The molecule has 6 nitrogen and oxygen atoms in total. The summed E-state index contributed by atoms with van der Waals surface area (Å²) in [6, 6.07) is 0. The van der Waals surface area contributed by atoms with Crippen LogP contribution in [0, 0.1) is 5.92 Å². The molecule has 1 aromatic heterocycles. The van der Waals surface area contributed by atoms with Crippen molar-refractivity contribution in [2.45, 2.75) is 13.0 Å². The normalized spacial score (nSPS) is 20.9. The number of methoxy groups -OCH3 is 1. The molecule has 1 saturated heterocycles. The quantitative estimate of drug-likeness (QED) is 0.766. The molecule has 0 radical (unpaired) electrons. The number of hydrogen-bond acceptors (Lipinski definition) is 6. The molecule has 2 heterocycles. The molecule has 0 unspecified atom stereocenters. The van der Waals surface area contributed by atoms with Crippen molar-refractivity contribution >= 4 is 27.1 Å². The van der Waals surface area contributed by atoms with E-state index in [0.717, 1.165) is 5.01 Å². The molecule has 1 aromatic rings. The molecule has 0 saturated carbocycles. The van der Waals surface area contributed by atoms with Crippen LogP contribution >= 0.6 is 11.3 Å². The highest BCUT2D eigenvalue weighted by molar-refractivity contribution is 7.91. The van der Waals surface area contributed by atoms with Gasteiger partial charge in [-0.1, -0.05) is 0 Å². The van der Waals surface area contributed by atoms with E-state index >= 15 is 0 Å². The summed E-state index contributed by atoms with van der Waals surface area (Å²) in [7, 11) is -1.47. The minimum absolute atomic E-state index is 0.0345. The van der Waals surface area contributed by atoms with Crippen LogP contribution in [0.2, 0.25) is 0 Å². The number of carbonyl (C=O) groups is 1. The second-order valence-corrected chi connectivity index (χ2v) is 7.99. The Labute approximate surface area is 122 Å². The number of nitrogens with zero attached hydrogens (tertiary/aromatic N) is 2. The van der Waals surface area contributed by atoms with Gasteiger partial charge in [-0.3, -0.25) is 4.79 Å². The summed E-state index contributed by atoms with van der Waals surface area (Å²) in [6.45, 7) is 1.29. The highest BCUT2D eigenvalue weighted by Crippen LogP contribution is 2.22. The zero-order chi connectivity index (χ0) is 14.6. The predicted octanol–water partition coefficient (Wildman–Crippen LogP) is 0.553. The number of sulfone groups is 1.